The van der Waals surface area contributed by atoms with E-state index in [2.05, 4.69) is 5.43 Å². The monoisotopic (exact) mass is 681 g/mol. The van der Waals surface area contributed by atoms with E-state index < -0.39 is 46.8 Å². The number of hydrogen-bond acceptors (Lipinski definition) is 7. The van der Waals surface area contributed by atoms with Crippen LogP contribution in [0, 0.1) is 37.5 Å². The molecule has 0 radical (unpaired) electrons. The highest BCUT2D eigenvalue weighted by atomic mass is 16.3. The summed E-state index contributed by atoms with van der Waals surface area (Å²) in [7, 11) is 0. The van der Waals surface area contributed by atoms with E-state index in [1.807, 2.05) is 79.7 Å². The van der Waals surface area contributed by atoms with Gasteiger partial charge >= 0.3 is 0 Å². The van der Waals surface area contributed by atoms with Crippen LogP contribution in [0.15, 0.2) is 109 Å². The zero-order chi connectivity index (χ0) is 35.6. The minimum Gasteiger partial charge on any atom is -0.508 e. The summed E-state index contributed by atoms with van der Waals surface area (Å²) in [6.45, 7) is 3.96. The molecule has 0 unspecified atom stereocenters. The number of rotatable bonds is 7. The Labute approximate surface area is 296 Å². The lowest BCUT2D eigenvalue weighted by Crippen LogP contribution is -2.53. The van der Waals surface area contributed by atoms with Crippen LogP contribution in [0.2, 0.25) is 0 Å². The number of nitrogens with one attached hydrogen (secondary N) is 1. The van der Waals surface area contributed by atoms with Gasteiger partial charge in [0, 0.05) is 18.0 Å². The number of fused-ring (bicyclic) bond motifs is 4. The third-order valence-electron chi connectivity index (χ3n) is 11.6. The Balaban J connectivity index is 1.26. The van der Waals surface area contributed by atoms with Gasteiger partial charge in [-0.25, -0.2) is 0 Å². The van der Waals surface area contributed by atoms with Crippen LogP contribution < -0.4 is 5.43 Å². The zero-order valence-electron chi connectivity index (χ0n) is 28.5. The smallest absolute Gasteiger partial charge is 0.260 e. The number of carbonyl (C=O) groups excluding carboxylic acids is 4. The number of aromatic hydroxyl groups is 2. The van der Waals surface area contributed by atoms with Gasteiger partial charge in [-0.2, -0.15) is 5.01 Å². The van der Waals surface area contributed by atoms with E-state index in [0.717, 1.165) is 21.7 Å². The second-order valence-corrected chi connectivity index (χ2v) is 14.3. The number of hydrogen-bond donors (Lipinski definition) is 3. The molecular weight excluding hydrogens is 642 g/mol. The first-order valence-electron chi connectivity index (χ1n) is 17.5. The molecule has 2 aliphatic heterocycles. The summed E-state index contributed by atoms with van der Waals surface area (Å²) < 4.78 is 0. The van der Waals surface area contributed by atoms with E-state index in [9.17, 15) is 24.6 Å². The molecule has 2 heterocycles. The maximum Gasteiger partial charge on any atom is 0.260 e. The first kappa shape index (κ1) is 32.5. The Kier molecular flexibility index (Phi) is 7.81. The summed E-state index contributed by atoms with van der Waals surface area (Å²) in [5, 5.41) is 22.6. The summed E-state index contributed by atoms with van der Waals surface area (Å²) in [6, 6.07) is 28.9. The van der Waals surface area contributed by atoms with Crippen molar-refractivity contribution >= 4 is 29.3 Å². The van der Waals surface area contributed by atoms with Crippen molar-refractivity contribution in [2.24, 2.45) is 23.7 Å². The summed E-state index contributed by atoms with van der Waals surface area (Å²) in [5.41, 5.74) is 6.76. The Morgan fingerprint density at radius 2 is 1.51 bits per heavy atom. The van der Waals surface area contributed by atoms with Crippen molar-refractivity contribution in [2.75, 3.05) is 12.0 Å². The van der Waals surface area contributed by atoms with Crippen LogP contribution in [-0.2, 0) is 31.0 Å². The number of imide groups is 2. The van der Waals surface area contributed by atoms with Crippen LogP contribution >= 0.6 is 0 Å². The molecular formula is C42H39N3O6. The molecule has 0 aromatic heterocycles. The predicted molar refractivity (Wildman–Crippen MR) is 190 cm³/mol. The van der Waals surface area contributed by atoms with Gasteiger partial charge in [0.25, 0.3) is 11.8 Å². The summed E-state index contributed by atoms with van der Waals surface area (Å²) >= 11 is 0. The number of anilines is 1. The third kappa shape index (κ3) is 4.97. The molecule has 2 aliphatic carbocycles. The molecule has 2 saturated heterocycles. The first-order chi connectivity index (χ1) is 24.6. The lowest BCUT2D eigenvalue weighted by molar-refractivity contribution is -0.141. The molecule has 9 heteroatoms. The highest BCUT2D eigenvalue weighted by Crippen LogP contribution is 2.65. The predicted octanol–water partition coefficient (Wildman–Crippen LogP) is 5.94. The van der Waals surface area contributed by atoms with Crippen molar-refractivity contribution in [3.05, 3.63) is 137 Å². The molecule has 4 aromatic rings. The van der Waals surface area contributed by atoms with E-state index >= 15 is 4.79 Å². The number of phenolic OH excluding ortho intramolecular Hbond substituents is 2. The fourth-order valence-corrected chi connectivity index (χ4v) is 9.20. The molecule has 8 rings (SSSR count). The third-order valence-corrected chi connectivity index (χ3v) is 11.6. The number of allylic oxidation sites excluding steroid dienone is 2. The van der Waals surface area contributed by atoms with Crippen LogP contribution in [0.4, 0.5) is 5.69 Å². The van der Waals surface area contributed by atoms with Gasteiger partial charge in [-0.1, -0.05) is 90.0 Å². The van der Waals surface area contributed by atoms with E-state index in [0.29, 0.717) is 35.2 Å². The molecule has 4 aliphatic rings. The van der Waals surface area contributed by atoms with Gasteiger partial charge in [-0.15, -0.1) is 0 Å². The first-order valence-corrected chi connectivity index (χ1v) is 17.5. The molecule has 1 saturated carbocycles. The normalized spacial score (nSPS) is 26.9. The van der Waals surface area contributed by atoms with Crippen molar-refractivity contribution < 1.29 is 29.4 Å². The van der Waals surface area contributed by atoms with Gasteiger partial charge in [0.05, 0.1) is 28.9 Å². The Bertz CT molecular complexity index is 2090. The Morgan fingerprint density at radius 1 is 0.784 bits per heavy atom. The number of likely N-dealkylation sites (tertiary alicyclic amines) is 1. The fourth-order valence-electron chi connectivity index (χ4n) is 9.20. The topological polar surface area (TPSA) is 127 Å². The molecule has 3 fully saturated rings. The summed E-state index contributed by atoms with van der Waals surface area (Å²) in [6.07, 6.45) is 2.94. The van der Waals surface area contributed by atoms with Crippen molar-refractivity contribution in [3.63, 3.8) is 0 Å². The SMILES string of the molecule is Cc1ccc(NN2C(=O)[C@@H]3C[C@@H]4C(=CC[C@@H]5C(=O)N(CCc6ccc(O)cc6)C(=O)[C@@H]54)[C@H](c4cccc(C)c4O)[C@]3(c3ccccc3)C2=O)cc1. The number of aryl methyl sites for hydroxylation is 2. The zero-order valence-corrected chi connectivity index (χ0v) is 28.5. The molecule has 3 N–H and O–H groups in total. The van der Waals surface area contributed by atoms with E-state index in [4.69, 9.17) is 0 Å². The number of nitrogens with zero attached hydrogens (tertiary/aromatic N) is 2. The number of carbonyl (C=O) groups is 4. The lowest BCUT2D eigenvalue weighted by atomic mass is 9.49. The van der Waals surface area contributed by atoms with Gasteiger partial charge in [0.1, 0.15) is 11.5 Å². The van der Waals surface area contributed by atoms with Crippen LogP contribution in [-0.4, -0.2) is 50.3 Å². The van der Waals surface area contributed by atoms with Gasteiger partial charge in [-0.05, 0) is 80.0 Å². The van der Waals surface area contributed by atoms with Gasteiger partial charge in [-0.3, -0.25) is 29.5 Å². The molecule has 4 amide bonds. The molecule has 51 heavy (non-hydrogen) atoms. The minimum absolute atomic E-state index is 0.0368. The molecule has 0 bridgehead atoms. The fraction of sp³-hybridized carbons (Fsp3) is 0.286. The highest BCUT2D eigenvalue weighted by Gasteiger charge is 2.70. The van der Waals surface area contributed by atoms with E-state index in [1.54, 1.807) is 37.3 Å². The standard InChI is InChI=1S/C42H39N3O6/c1-24-11-15-28(16-12-24)43-45-39(49)34-23-33-30(19-20-31-35(33)40(50)44(38(31)48)22-21-26-13-17-29(46)18-14-26)36(32-10-6-7-25(2)37(32)47)42(34,41(45)51)27-8-4-3-5-9-27/h3-19,31,33-36,43,46-47H,20-23H2,1-2H3/t31-,33+,34-,35-,36+,42+/m0/s1. The average Bonchev–Trinajstić information content (AvgIpc) is 3.51. The van der Waals surface area contributed by atoms with Crippen molar-refractivity contribution in [1.82, 2.24) is 9.91 Å². The summed E-state index contributed by atoms with van der Waals surface area (Å²) in [5.74, 6) is -4.66. The number of hydrazine groups is 1. The molecule has 9 nitrogen and oxygen atoms in total. The second-order valence-electron chi connectivity index (χ2n) is 14.3. The van der Waals surface area contributed by atoms with Crippen LogP contribution in [0.3, 0.4) is 0 Å². The average molecular weight is 682 g/mol. The van der Waals surface area contributed by atoms with Crippen molar-refractivity contribution in [2.45, 2.75) is 44.4 Å². The lowest BCUT2D eigenvalue weighted by Gasteiger charge is -2.50. The minimum atomic E-state index is -1.44. The van der Waals surface area contributed by atoms with Crippen LogP contribution in [0.5, 0.6) is 11.5 Å². The van der Waals surface area contributed by atoms with Crippen LogP contribution in [0.1, 0.15) is 46.6 Å². The van der Waals surface area contributed by atoms with Crippen molar-refractivity contribution in [1.29, 1.82) is 0 Å². The van der Waals surface area contributed by atoms with Gasteiger partial charge in [0.15, 0.2) is 0 Å². The Morgan fingerprint density at radius 3 is 2.24 bits per heavy atom. The number of amides is 4. The molecule has 4 aromatic carbocycles. The largest absolute Gasteiger partial charge is 0.508 e. The van der Waals surface area contributed by atoms with Crippen LogP contribution in [0.25, 0.3) is 0 Å². The van der Waals surface area contributed by atoms with Gasteiger partial charge < -0.3 is 10.2 Å². The molecule has 258 valence electrons. The number of para-hydroxylation sites is 1. The summed E-state index contributed by atoms with van der Waals surface area (Å²) in [4.78, 5) is 59.6. The number of benzene rings is 4. The maximum absolute atomic E-state index is 15.2. The molecule has 6 atom stereocenters. The van der Waals surface area contributed by atoms with Gasteiger partial charge in [0.2, 0.25) is 11.8 Å². The molecule has 0 spiro atoms. The van der Waals surface area contributed by atoms with Crippen molar-refractivity contribution in [3.8, 4) is 11.5 Å². The van der Waals surface area contributed by atoms with E-state index in [1.165, 1.54) is 4.90 Å². The second kappa shape index (κ2) is 12.3. The highest BCUT2D eigenvalue weighted by molar-refractivity contribution is 6.13. The Hall–Kier alpha value is -5.70. The number of phenols is 2. The van der Waals surface area contributed by atoms with E-state index in [-0.39, 0.29) is 36.3 Å². The quantitative estimate of drug-likeness (QED) is 0.163. The maximum atomic E-state index is 15.2.